The molecule has 142 valence electrons. The number of H-pyrrole nitrogens is 2. The highest BCUT2D eigenvalue weighted by Gasteiger charge is 2.12. The second-order valence-electron chi connectivity index (χ2n) is 6.98. The SMILES string of the molecule is CC(=O)Nc1cccc(-c2cc(Cc3cccc4[nH]ncc34)nc3[nH]ncc23)c1. The Morgan fingerprint density at radius 1 is 1.00 bits per heavy atom. The van der Waals surface area contributed by atoms with Gasteiger partial charge in [-0.2, -0.15) is 10.2 Å². The van der Waals surface area contributed by atoms with Gasteiger partial charge in [0.05, 0.1) is 17.9 Å². The van der Waals surface area contributed by atoms with Crippen LogP contribution >= 0.6 is 0 Å². The van der Waals surface area contributed by atoms with Crippen molar-refractivity contribution in [1.29, 1.82) is 0 Å². The summed E-state index contributed by atoms with van der Waals surface area (Å²) in [5, 5.41) is 19.2. The molecule has 0 aliphatic rings. The molecular formula is C22H18N6O. The van der Waals surface area contributed by atoms with Crippen LogP contribution < -0.4 is 5.32 Å². The highest BCUT2D eigenvalue weighted by atomic mass is 16.1. The first-order chi connectivity index (χ1) is 14.2. The molecule has 7 nitrogen and oxygen atoms in total. The molecule has 0 saturated heterocycles. The number of nitrogens with one attached hydrogen (secondary N) is 3. The maximum atomic E-state index is 11.4. The molecule has 7 heteroatoms. The first-order valence-corrected chi connectivity index (χ1v) is 9.29. The number of carbonyl (C=O) groups is 1. The summed E-state index contributed by atoms with van der Waals surface area (Å²) in [5.41, 5.74) is 6.59. The van der Waals surface area contributed by atoms with Gasteiger partial charge in [-0.05, 0) is 41.0 Å². The minimum absolute atomic E-state index is 0.0979. The van der Waals surface area contributed by atoms with Crippen LogP contribution in [0.1, 0.15) is 18.2 Å². The van der Waals surface area contributed by atoms with E-state index >= 15 is 0 Å². The maximum absolute atomic E-state index is 11.4. The number of rotatable bonds is 4. The molecule has 5 aromatic rings. The first-order valence-electron chi connectivity index (χ1n) is 9.29. The van der Waals surface area contributed by atoms with Crippen molar-refractivity contribution >= 4 is 33.5 Å². The Morgan fingerprint density at radius 3 is 2.72 bits per heavy atom. The Bertz CT molecular complexity index is 1350. The Balaban J connectivity index is 1.61. The molecule has 3 heterocycles. The number of amides is 1. The lowest BCUT2D eigenvalue weighted by atomic mass is 9.99. The van der Waals surface area contributed by atoms with Crippen molar-refractivity contribution < 1.29 is 4.79 Å². The summed E-state index contributed by atoms with van der Waals surface area (Å²) in [7, 11) is 0. The van der Waals surface area contributed by atoms with Gasteiger partial charge in [-0.3, -0.25) is 15.0 Å². The molecule has 0 spiro atoms. The topological polar surface area (TPSA) is 99.4 Å². The third-order valence-electron chi connectivity index (χ3n) is 4.92. The molecule has 0 aliphatic heterocycles. The lowest BCUT2D eigenvalue weighted by Crippen LogP contribution is -2.05. The van der Waals surface area contributed by atoms with E-state index < -0.39 is 0 Å². The van der Waals surface area contributed by atoms with E-state index in [1.54, 1.807) is 6.20 Å². The second kappa shape index (κ2) is 6.87. The molecular weight excluding hydrogens is 364 g/mol. The van der Waals surface area contributed by atoms with Crippen molar-refractivity contribution in [1.82, 2.24) is 25.4 Å². The fraction of sp³-hybridized carbons (Fsp3) is 0.0909. The third-order valence-corrected chi connectivity index (χ3v) is 4.92. The van der Waals surface area contributed by atoms with E-state index in [2.05, 4.69) is 37.8 Å². The number of hydrogen-bond donors (Lipinski definition) is 3. The van der Waals surface area contributed by atoms with Crippen LogP contribution in [-0.2, 0) is 11.2 Å². The molecule has 0 radical (unpaired) electrons. The number of anilines is 1. The standard InChI is InChI=1S/C22H18N6O/c1-13(29)25-16-6-2-4-14(8-16)18-10-17(26-22-20(18)12-24-28-22)9-15-5-3-7-21-19(15)11-23-27-21/h2-8,10-12H,9H2,1H3,(H,23,27)(H,25,29)(H,24,26,28). The average Bonchev–Trinajstić information content (AvgIpc) is 3.37. The molecule has 5 rings (SSSR count). The number of hydrogen-bond acceptors (Lipinski definition) is 4. The lowest BCUT2D eigenvalue weighted by molar-refractivity contribution is -0.114. The van der Waals surface area contributed by atoms with Gasteiger partial charge in [0, 0.05) is 35.5 Å². The molecule has 0 unspecified atom stereocenters. The predicted molar refractivity (Wildman–Crippen MR) is 113 cm³/mol. The number of benzene rings is 2. The largest absolute Gasteiger partial charge is 0.326 e. The Hall–Kier alpha value is -4.00. The first kappa shape index (κ1) is 17.1. The van der Waals surface area contributed by atoms with Crippen LogP contribution in [0.4, 0.5) is 5.69 Å². The number of fused-ring (bicyclic) bond motifs is 2. The van der Waals surface area contributed by atoms with Gasteiger partial charge in [0.1, 0.15) is 0 Å². The Morgan fingerprint density at radius 2 is 1.83 bits per heavy atom. The molecule has 0 aliphatic carbocycles. The minimum atomic E-state index is -0.0979. The van der Waals surface area contributed by atoms with Gasteiger partial charge in [0.2, 0.25) is 5.91 Å². The fourth-order valence-electron chi connectivity index (χ4n) is 3.66. The highest BCUT2D eigenvalue weighted by molar-refractivity contribution is 5.95. The van der Waals surface area contributed by atoms with Crippen LogP contribution in [0.15, 0.2) is 60.9 Å². The molecule has 0 atom stereocenters. The molecule has 0 fully saturated rings. The van der Waals surface area contributed by atoms with E-state index in [4.69, 9.17) is 4.98 Å². The number of aromatic nitrogens is 5. The van der Waals surface area contributed by atoms with Crippen molar-refractivity contribution in [3.8, 4) is 11.1 Å². The maximum Gasteiger partial charge on any atom is 0.221 e. The molecule has 3 aromatic heterocycles. The van der Waals surface area contributed by atoms with E-state index in [1.807, 2.05) is 42.6 Å². The molecule has 3 N–H and O–H groups in total. The third kappa shape index (κ3) is 3.23. The van der Waals surface area contributed by atoms with Gasteiger partial charge in [0.15, 0.2) is 5.65 Å². The molecule has 29 heavy (non-hydrogen) atoms. The Labute approximate surface area is 166 Å². The van der Waals surface area contributed by atoms with Gasteiger partial charge < -0.3 is 5.32 Å². The quantitative estimate of drug-likeness (QED) is 0.437. The summed E-state index contributed by atoms with van der Waals surface area (Å²) in [6, 6.07) is 16.0. The summed E-state index contributed by atoms with van der Waals surface area (Å²) >= 11 is 0. The zero-order valence-electron chi connectivity index (χ0n) is 15.7. The number of carbonyl (C=O) groups excluding carboxylic acids is 1. The van der Waals surface area contributed by atoms with E-state index in [9.17, 15) is 4.79 Å². The second-order valence-corrected chi connectivity index (χ2v) is 6.98. The molecule has 0 saturated carbocycles. The van der Waals surface area contributed by atoms with E-state index in [1.165, 1.54) is 6.92 Å². The minimum Gasteiger partial charge on any atom is -0.326 e. The summed E-state index contributed by atoms with van der Waals surface area (Å²) in [5.74, 6) is -0.0979. The average molecular weight is 382 g/mol. The van der Waals surface area contributed by atoms with Gasteiger partial charge >= 0.3 is 0 Å². The van der Waals surface area contributed by atoms with Crippen LogP contribution in [0.5, 0.6) is 0 Å². The highest BCUT2D eigenvalue weighted by Crippen LogP contribution is 2.30. The fourth-order valence-corrected chi connectivity index (χ4v) is 3.66. The van der Waals surface area contributed by atoms with E-state index in [0.717, 1.165) is 50.0 Å². The molecule has 2 aromatic carbocycles. The van der Waals surface area contributed by atoms with Crippen molar-refractivity contribution in [2.24, 2.45) is 0 Å². The molecule has 1 amide bonds. The summed E-state index contributed by atoms with van der Waals surface area (Å²) in [6.45, 7) is 1.50. The number of pyridine rings is 1. The molecule has 0 bridgehead atoms. The van der Waals surface area contributed by atoms with Crippen molar-refractivity contribution in [3.05, 3.63) is 72.2 Å². The van der Waals surface area contributed by atoms with Gasteiger partial charge in [0.25, 0.3) is 0 Å². The van der Waals surface area contributed by atoms with E-state index in [-0.39, 0.29) is 5.91 Å². The van der Waals surface area contributed by atoms with Crippen LogP contribution in [0, 0.1) is 0 Å². The van der Waals surface area contributed by atoms with Crippen LogP contribution in [0.2, 0.25) is 0 Å². The lowest BCUT2D eigenvalue weighted by Gasteiger charge is -2.10. The van der Waals surface area contributed by atoms with Gasteiger partial charge in [-0.1, -0.05) is 24.3 Å². The van der Waals surface area contributed by atoms with E-state index in [0.29, 0.717) is 6.42 Å². The van der Waals surface area contributed by atoms with Crippen molar-refractivity contribution in [2.75, 3.05) is 5.32 Å². The number of nitrogens with zero attached hydrogens (tertiary/aromatic N) is 3. The van der Waals surface area contributed by atoms with Crippen molar-refractivity contribution in [3.63, 3.8) is 0 Å². The monoisotopic (exact) mass is 382 g/mol. The van der Waals surface area contributed by atoms with Crippen LogP contribution in [0.3, 0.4) is 0 Å². The van der Waals surface area contributed by atoms with Crippen LogP contribution in [-0.4, -0.2) is 31.3 Å². The smallest absolute Gasteiger partial charge is 0.221 e. The van der Waals surface area contributed by atoms with Gasteiger partial charge in [-0.15, -0.1) is 0 Å². The van der Waals surface area contributed by atoms with Crippen LogP contribution in [0.25, 0.3) is 33.1 Å². The normalized spacial score (nSPS) is 11.2. The summed E-state index contributed by atoms with van der Waals surface area (Å²) in [6.07, 6.45) is 4.30. The zero-order valence-corrected chi connectivity index (χ0v) is 15.7. The summed E-state index contributed by atoms with van der Waals surface area (Å²) in [4.78, 5) is 16.2. The zero-order chi connectivity index (χ0) is 19.8. The summed E-state index contributed by atoms with van der Waals surface area (Å²) < 4.78 is 0. The van der Waals surface area contributed by atoms with Crippen molar-refractivity contribution in [2.45, 2.75) is 13.3 Å². The number of aromatic amines is 2. The Kier molecular flexibility index (Phi) is 4.05. The van der Waals surface area contributed by atoms with Gasteiger partial charge in [-0.25, -0.2) is 4.98 Å². The predicted octanol–water partition coefficient (Wildman–Crippen LogP) is 4.05.